The molecule has 0 aromatic heterocycles. The summed E-state index contributed by atoms with van der Waals surface area (Å²) in [6.45, 7) is 6.11. The molecule has 2 N–H and O–H groups in total. The zero-order valence-corrected chi connectivity index (χ0v) is 12.0. The van der Waals surface area contributed by atoms with Crippen LogP contribution in [0.2, 0.25) is 0 Å². The molecule has 110 valence electrons. The number of rotatable bonds is 6. The number of amides is 1. The summed E-state index contributed by atoms with van der Waals surface area (Å²) < 4.78 is 10.9. The molecule has 1 aliphatic rings. The zero-order chi connectivity index (χ0) is 14.4. The van der Waals surface area contributed by atoms with Crippen molar-refractivity contribution in [1.29, 1.82) is 0 Å². The maximum absolute atomic E-state index is 11.9. The lowest BCUT2D eigenvalue weighted by Crippen LogP contribution is -2.30. The molecule has 1 atom stereocenters. The summed E-state index contributed by atoms with van der Waals surface area (Å²) in [6, 6.07) is 7.76. The number of ether oxygens (including phenoxy) is 2. The summed E-state index contributed by atoms with van der Waals surface area (Å²) in [5.74, 6) is 0.00357. The monoisotopic (exact) mass is 278 g/mol. The van der Waals surface area contributed by atoms with Gasteiger partial charge in [-0.05, 0) is 25.6 Å². The van der Waals surface area contributed by atoms with E-state index in [1.807, 2.05) is 38.1 Å². The Bertz CT molecular complexity index is 444. The topological polar surface area (TPSA) is 59.6 Å². The highest BCUT2D eigenvalue weighted by Crippen LogP contribution is 2.25. The summed E-state index contributed by atoms with van der Waals surface area (Å²) in [4.78, 5) is 11.9. The Labute approximate surface area is 119 Å². The third kappa shape index (κ3) is 4.30. The maximum atomic E-state index is 11.9. The Hall–Kier alpha value is -1.43. The van der Waals surface area contributed by atoms with Crippen molar-refractivity contribution < 1.29 is 14.3 Å². The second kappa shape index (κ2) is 7.38. The van der Waals surface area contributed by atoms with Crippen LogP contribution in [0.25, 0.3) is 0 Å². The molecule has 1 aliphatic heterocycles. The van der Waals surface area contributed by atoms with Gasteiger partial charge in [-0.1, -0.05) is 19.1 Å². The van der Waals surface area contributed by atoms with E-state index in [4.69, 9.17) is 9.47 Å². The predicted octanol–water partition coefficient (Wildman–Crippen LogP) is 2.06. The number of anilines is 1. The number of carbonyl (C=O) groups excluding carboxylic acids is 1. The molecule has 0 saturated carbocycles. The molecule has 1 fully saturated rings. The van der Waals surface area contributed by atoms with Gasteiger partial charge >= 0.3 is 0 Å². The second-order valence-corrected chi connectivity index (χ2v) is 4.91. The van der Waals surface area contributed by atoms with Crippen molar-refractivity contribution in [2.75, 3.05) is 25.1 Å². The third-order valence-electron chi connectivity index (χ3n) is 3.11. The van der Waals surface area contributed by atoms with Gasteiger partial charge in [-0.15, -0.1) is 0 Å². The van der Waals surface area contributed by atoms with Crippen LogP contribution in [0, 0.1) is 0 Å². The number of benzene rings is 1. The van der Waals surface area contributed by atoms with Crippen LogP contribution in [0.15, 0.2) is 24.3 Å². The van der Waals surface area contributed by atoms with Crippen LogP contribution < -0.4 is 10.6 Å². The molecule has 5 nitrogen and oxygen atoms in total. The van der Waals surface area contributed by atoms with Gasteiger partial charge in [0.1, 0.15) is 0 Å². The Morgan fingerprint density at radius 1 is 1.40 bits per heavy atom. The minimum atomic E-state index is -0.312. The highest BCUT2D eigenvalue weighted by atomic mass is 16.7. The first-order valence-corrected chi connectivity index (χ1v) is 7.05. The van der Waals surface area contributed by atoms with Gasteiger partial charge < -0.3 is 20.1 Å². The normalized spacial score (nSPS) is 17.1. The predicted molar refractivity (Wildman–Crippen MR) is 77.5 cm³/mol. The Balaban J connectivity index is 1.92. The summed E-state index contributed by atoms with van der Waals surface area (Å²) in [5, 5.41) is 6.12. The molecule has 1 unspecified atom stereocenters. The third-order valence-corrected chi connectivity index (χ3v) is 3.11. The zero-order valence-electron chi connectivity index (χ0n) is 12.0. The minimum absolute atomic E-state index is 0.00357. The van der Waals surface area contributed by atoms with Crippen LogP contribution >= 0.6 is 0 Å². The average molecular weight is 278 g/mol. The van der Waals surface area contributed by atoms with E-state index in [0.717, 1.165) is 17.8 Å². The summed E-state index contributed by atoms with van der Waals surface area (Å²) in [6.07, 6.45) is 0.140. The molecule has 0 bridgehead atoms. The van der Waals surface area contributed by atoms with Gasteiger partial charge in [0.15, 0.2) is 6.29 Å². The van der Waals surface area contributed by atoms with Crippen LogP contribution in [0.3, 0.4) is 0 Å². The van der Waals surface area contributed by atoms with E-state index in [2.05, 4.69) is 10.6 Å². The number of hydrogen-bond donors (Lipinski definition) is 2. The lowest BCUT2D eigenvalue weighted by molar-refractivity contribution is -0.116. The van der Waals surface area contributed by atoms with E-state index < -0.39 is 0 Å². The first-order chi connectivity index (χ1) is 9.69. The molecule has 1 aromatic carbocycles. The summed E-state index contributed by atoms with van der Waals surface area (Å²) >= 11 is 0. The number of carbonyl (C=O) groups is 1. The highest BCUT2D eigenvalue weighted by molar-refractivity contribution is 5.91. The largest absolute Gasteiger partial charge is 0.346 e. The van der Waals surface area contributed by atoms with E-state index in [9.17, 15) is 4.79 Å². The molecular formula is C15H22N2O3. The maximum Gasteiger partial charge on any atom is 0.225 e. The van der Waals surface area contributed by atoms with Crippen molar-refractivity contribution in [3.05, 3.63) is 29.8 Å². The molecule has 0 radical (unpaired) electrons. The van der Waals surface area contributed by atoms with Crippen LogP contribution in [0.4, 0.5) is 5.69 Å². The summed E-state index contributed by atoms with van der Waals surface area (Å²) in [7, 11) is 0. The molecule has 1 aromatic rings. The van der Waals surface area contributed by atoms with E-state index >= 15 is 0 Å². The second-order valence-electron chi connectivity index (χ2n) is 4.91. The Morgan fingerprint density at radius 2 is 2.15 bits per heavy atom. The fraction of sp³-hybridized carbons (Fsp3) is 0.533. The van der Waals surface area contributed by atoms with Gasteiger partial charge in [0.2, 0.25) is 5.91 Å². The van der Waals surface area contributed by atoms with E-state index in [-0.39, 0.29) is 18.2 Å². The quantitative estimate of drug-likeness (QED) is 0.836. The van der Waals surface area contributed by atoms with Crippen LogP contribution in [0.5, 0.6) is 0 Å². The summed E-state index contributed by atoms with van der Waals surface area (Å²) in [5.41, 5.74) is 1.70. The SMILES string of the molecule is CCNC(C)CC(=O)Nc1cccc(C2OCCO2)c1. The van der Waals surface area contributed by atoms with Gasteiger partial charge in [0.05, 0.1) is 13.2 Å². The van der Waals surface area contributed by atoms with Crippen molar-refractivity contribution in [3.8, 4) is 0 Å². The molecule has 1 amide bonds. The lowest BCUT2D eigenvalue weighted by atomic mass is 10.1. The van der Waals surface area contributed by atoms with Gasteiger partial charge in [-0.3, -0.25) is 4.79 Å². The number of nitrogens with one attached hydrogen (secondary N) is 2. The minimum Gasteiger partial charge on any atom is -0.346 e. The molecule has 5 heteroatoms. The van der Waals surface area contributed by atoms with E-state index in [1.54, 1.807) is 0 Å². The standard InChI is InChI=1S/C15H22N2O3/c1-3-16-11(2)9-14(18)17-13-6-4-5-12(10-13)15-19-7-8-20-15/h4-6,10-11,15-16H,3,7-9H2,1-2H3,(H,17,18). The van der Waals surface area contributed by atoms with Crippen LogP contribution in [0.1, 0.15) is 32.1 Å². The smallest absolute Gasteiger partial charge is 0.225 e. The van der Waals surface area contributed by atoms with Crippen molar-refractivity contribution in [3.63, 3.8) is 0 Å². The Kier molecular flexibility index (Phi) is 5.52. The fourth-order valence-electron chi connectivity index (χ4n) is 2.22. The van der Waals surface area contributed by atoms with Gasteiger partial charge in [0, 0.05) is 23.7 Å². The van der Waals surface area contributed by atoms with Crippen molar-refractivity contribution in [1.82, 2.24) is 5.32 Å². The van der Waals surface area contributed by atoms with Gasteiger partial charge in [-0.25, -0.2) is 0 Å². The molecule has 2 rings (SSSR count). The van der Waals surface area contributed by atoms with Crippen LogP contribution in [-0.4, -0.2) is 31.7 Å². The molecule has 0 spiro atoms. The van der Waals surface area contributed by atoms with Crippen molar-refractivity contribution in [2.45, 2.75) is 32.6 Å². The van der Waals surface area contributed by atoms with Crippen molar-refractivity contribution >= 4 is 11.6 Å². The van der Waals surface area contributed by atoms with E-state index in [0.29, 0.717) is 19.6 Å². The Morgan fingerprint density at radius 3 is 2.85 bits per heavy atom. The average Bonchev–Trinajstić information content (AvgIpc) is 2.92. The van der Waals surface area contributed by atoms with Crippen LogP contribution in [-0.2, 0) is 14.3 Å². The molecular weight excluding hydrogens is 256 g/mol. The molecule has 1 saturated heterocycles. The number of hydrogen-bond acceptors (Lipinski definition) is 4. The highest BCUT2D eigenvalue weighted by Gasteiger charge is 2.18. The fourth-order valence-corrected chi connectivity index (χ4v) is 2.22. The van der Waals surface area contributed by atoms with E-state index in [1.165, 1.54) is 0 Å². The molecule has 0 aliphatic carbocycles. The van der Waals surface area contributed by atoms with Crippen molar-refractivity contribution in [2.24, 2.45) is 0 Å². The van der Waals surface area contributed by atoms with Gasteiger partial charge in [-0.2, -0.15) is 0 Å². The molecule has 1 heterocycles. The first-order valence-electron chi connectivity index (χ1n) is 7.05. The molecule has 20 heavy (non-hydrogen) atoms. The lowest BCUT2D eigenvalue weighted by Gasteiger charge is -2.14. The van der Waals surface area contributed by atoms with Gasteiger partial charge in [0.25, 0.3) is 0 Å². The first kappa shape index (κ1) is 15.0.